The van der Waals surface area contributed by atoms with Crippen LogP contribution >= 0.6 is 0 Å². The van der Waals surface area contributed by atoms with Gasteiger partial charge >= 0.3 is 0 Å². The average molecular weight is 262 g/mol. The van der Waals surface area contributed by atoms with Gasteiger partial charge in [-0.1, -0.05) is 26.7 Å². The molecule has 1 aromatic heterocycles. The number of hydrogen-bond donors (Lipinski definition) is 1. The first-order valence-electron chi connectivity index (χ1n) is 7.42. The zero-order valence-electron chi connectivity index (χ0n) is 12.4. The topological polar surface area (TPSA) is 41.0 Å². The maximum atomic E-state index is 4.33. The Kier molecular flexibility index (Phi) is 5.14. The molecule has 1 aromatic rings. The Balaban J connectivity index is 1.86. The molecule has 0 radical (unpaired) electrons. The van der Waals surface area contributed by atoms with Gasteiger partial charge < -0.3 is 10.2 Å². The number of anilines is 1. The first kappa shape index (κ1) is 14.3. The zero-order valence-corrected chi connectivity index (χ0v) is 12.4. The highest BCUT2D eigenvalue weighted by Gasteiger charge is 2.17. The van der Waals surface area contributed by atoms with Gasteiger partial charge in [0.05, 0.1) is 5.69 Å². The number of rotatable bonds is 6. The summed E-state index contributed by atoms with van der Waals surface area (Å²) >= 11 is 0. The van der Waals surface area contributed by atoms with Gasteiger partial charge in [-0.15, -0.1) is 5.10 Å². The molecule has 1 fully saturated rings. The Hall–Kier alpha value is -1.16. The lowest BCUT2D eigenvalue weighted by Crippen LogP contribution is -2.26. The summed E-state index contributed by atoms with van der Waals surface area (Å²) in [5.74, 6) is 1.83. The second-order valence-corrected chi connectivity index (χ2v) is 5.95. The lowest BCUT2D eigenvalue weighted by molar-refractivity contribution is 0.542. The Labute approximate surface area is 116 Å². The van der Waals surface area contributed by atoms with Crippen LogP contribution in [0.15, 0.2) is 12.1 Å². The van der Waals surface area contributed by atoms with Crippen LogP contribution in [0.2, 0.25) is 0 Å². The standard InChI is InChI=1S/C15H26N4/c1-12(2)16-10-14-8-9-15(18-17-14)19(3)11-13-6-4-5-7-13/h8-9,12-13,16H,4-7,10-11H2,1-3H3. The Morgan fingerprint density at radius 3 is 2.58 bits per heavy atom. The fraction of sp³-hybridized carbons (Fsp3) is 0.733. The number of nitrogens with zero attached hydrogens (tertiary/aromatic N) is 3. The van der Waals surface area contributed by atoms with Crippen LogP contribution in [0.25, 0.3) is 0 Å². The van der Waals surface area contributed by atoms with Gasteiger partial charge in [0.15, 0.2) is 5.82 Å². The largest absolute Gasteiger partial charge is 0.358 e. The molecule has 0 amide bonds. The van der Waals surface area contributed by atoms with Crippen LogP contribution in [0, 0.1) is 5.92 Å². The molecule has 1 aliphatic carbocycles. The van der Waals surface area contributed by atoms with E-state index in [4.69, 9.17) is 0 Å². The summed E-state index contributed by atoms with van der Waals surface area (Å²) in [6.07, 6.45) is 5.52. The zero-order chi connectivity index (χ0) is 13.7. The highest BCUT2D eigenvalue weighted by Crippen LogP contribution is 2.26. The molecule has 19 heavy (non-hydrogen) atoms. The third-order valence-electron chi connectivity index (χ3n) is 3.80. The second-order valence-electron chi connectivity index (χ2n) is 5.95. The molecule has 1 aliphatic rings. The number of aromatic nitrogens is 2. The summed E-state index contributed by atoms with van der Waals surface area (Å²) in [4.78, 5) is 2.24. The van der Waals surface area contributed by atoms with Crippen molar-refractivity contribution in [2.45, 2.75) is 52.1 Å². The van der Waals surface area contributed by atoms with Crippen LogP contribution in [0.5, 0.6) is 0 Å². The Bertz CT molecular complexity index is 368. The van der Waals surface area contributed by atoms with Crippen LogP contribution in [-0.4, -0.2) is 29.8 Å². The Morgan fingerprint density at radius 2 is 2.00 bits per heavy atom. The van der Waals surface area contributed by atoms with E-state index in [-0.39, 0.29) is 0 Å². The summed E-state index contributed by atoms with van der Waals surface area (Å²) in [6.45, 7) is 6.17. The molecule has 4 nitrogen and oxygen atoms in total. The van der Waals surface area contributed by atoms with Crippen molar-refractivity contribution in [2.24, 2.45) is 5.92 Å². The maximum Gasteiger partial charge on any atom is 0.150 e. The number of nitrogens with one attached hydrogen (secondary N) is 1. The van der Waals surface area contributed by atoms with Crippen LogP contribution in [0.3, 0.4) is 0 Å². The average Bonchev–Trinajstić information content (AvgIpc) is 2.89. The summed E-state index contributed by atoms with van der Waals surface area (Å²) in [5.41, 5.74) is 1.01. The monoisotopic (exact) mass is 262 g/mol. The molecule has 1 N–H and O–H groups in total. The van der Waals surface area contributed by atoms with E-state index in [2.05, 4.69) is 53.4 Å². The van der Waals surface area contributed by atoms with E-state index in [0.717, 1.165) is 30.5 Å². The van der Waals surface area contributed by atoms with Gasteiger partial charge in [-0.3, -0.25) is 0 Å². The van der Waals surface area contributed by atoms with E-state index in [1.54, 1.807) is 0 Å². The molecule has 0 spiro atoms. The van der Waals surface area contributed by atoms with Crippen molar-refractivity contribution in [1.29, 1.82) is 0 Å². The molecule has 0 saturated heterocycles. The molecule has 0 aromatic carbocycles. The first-order valence-corrected chi connectivity index (χ1v) is 7.42. The van der Waals surface area contributed by atoms with E-state index in [1.165, 1.54) is 25.7 Å². The molecule has 1 heterocycles. The molecule has 0 atom stereocenters. The minimum atomic E-state index is 0.478. The molecular weight excluding hydrogens is 236 g/mol. The molecular formula is C15H26N4. The smallest absolute Gasteiger partial charge is 0.150 e. The maximum absolute atomic E-state index is 4.33. The van der Waals surface area contributed by atoms with E-state index in [0.29, 0.717) is 6.04 Å². The van der Waals surface area contributed by atoms with Crippen molar-refractivity contribution < 1.29 is 0 Å². The van der Waals surface area contributed by atoms with Gasteiger partial charge in [0.25, 0.3) is 0 Å². The minimum absolute atomic E-state index is 0.478. The fourth-order valence-corrected chi connectivity index (χ4v) is 2.63. The molecule has 0 unspecified atom stereocenters. The molecule has 106 valence electrons. The van der Waals surface area contributed by atoms with Crippen molar-refractivity contribution in [3.05, 3.63) is 17.8 Å². The SMILES string of the molecule is CC(C)NCc1ccc(N(C)CC2CCCC2)nn1. The predicted octanol–water partition coefficient (Wildman–Crippen LogP) is 2.60. The van der Waals surface area contributed by atoms with Gasteiger partial charge in [0.1, 0.15) is 0 Å². The summed E-state index contributed by atoms with van der Waals surface area (Å²) in [7, 11) is 2.12. The van der Waals surface area contributed by atoms with Crippen molar-refractivity contribution in [2.75, 3.05) is 18.5 Å². The number of hydrogen-bond acceptors (Lipinski definition) is 4. The van der Waals surface area contributed by atoms with Crippen molar-refractivity contribution in [3.8, 4) is 0 Å². The van der Waals surface area contributed by atoms with E-state index in [1.807, 2.05) is 0 Å². The summed E-state index contributed by atoms with van der Waals surface area (Å²) in [6, 6.07) is 4.63. The highest BCUT2D eigenvalue weighted by molar-refractivity contribution is 5.36. The Morgan fingerprint density at radius 1 is 1.26 bits per heavy atom. The van der Waals surface area contributed by atoms with E-state index < -0.39 is 0 Å². The van der Waals surface area contributed by atoms with Crippen molar-refractivity contribution >= 4 is 5.82 Å². The van der Waals surface area contributed by atoms with Crippen LogP contribution in [-0.2, 0) is 6.54 Å². The molecule has 2 rings (SSSR count). The first-order chi connectivity index (χ1) is 9.15. The lowest BCUT2D eigenvalue weighted by atomic mass is 10.1. The van der Waals surface area contributed by atoms with E-state index in [9.17, 15) is 0 Å². The summed E-state index contributed by atoms with van der Waals surface area (Å²) in [5, 5.41) is 12.0. The van der Waals surface area contributed by atoms with Gasteiger partial charge in [0, 0.05) is 26.2 Å². The van der Waals surface area contributed by atoms with E-state index >= 15 is 0 Å². The van der Waals surface area contributed by atoms with Crippen molar-refractivity contribution in [3.63, 3.8) is 0 Å². The predicted molar refractivity (Wildman–Crippen MR) is 79.2 cm³/mol. The highest BCUT2D eigenvalue weighted by atomic mass is 15.2. The quantitative estimate of drug-likeness (QED) is 0.855. The molecule has 1 saturated carbocycles. The van der Waals surface area contributed by atoms with Gasteiger partial charge in [-0.25, -0.2) is 0 Å². The van der Waals surface area contributed by atoms with Crippen molar-refractivity contribution in [1.82, 2.24) is 15.5 Å². The second kappa shape index (κ2) is 6.85. The lowest BCUT2D eigenvalue weighted by Gasteiger charge is -2.21. The molecule has 0 aliphatic heterocycles. The summed E-state index contributed by atoms with van der Waals surface area (Å²) < 4.78 is 0. The van der Waals surface area contributed by atoms with Gasteiger partial charge in [-0.2, -0.15) is 5.10 Å². The van der Waals surface area contributed by atoms with Crippen LogP contribution < -0.4 is 10.2 Å². The third-order valence-corrected chi connectivity index (χ3v) is 3.80. The van der Waals surface area contributed by atoms with Crippen LogP contribution in [0.4, 0.5) is 5.82 Å². The van der Waals surface area contributed by atoms with Gasteiger partial charge in [0.2, 0.25) is 0 Å². The molecule has 0 bridgehead atoms. The minimum Gasteiger partial charge on any atom is -0.358 e. The normalized spacial score (nSPS) is 16.2. The fourth-order valence-electron chi connectivity index (χ4n) is 2.63. The van der Waals surface area contributed by atoms with Gasteiger partial charge in [-0.05, 0) is 30.9 Å². The molecule has 4 heteroatoms. The third kappa shape index (κ3) is 4.46. The van der Waals surface area contributed by atoms with Crippen LogP contribution in [0.1, 0.15) is 45.2 Å².